The van der Waals surface area contributed by atoms with Gasteiger partial charge < -0.3 is 5.73 Å². The molecule has 0 spiro atoms. The van der Waals surface area contributed by atoms with Crippen LogP contribution in [0.3, 0.4) is 0 Å². The highest BCUT2D eigenvalue weighted by atomic mass is 127. The van der Waals surface area contributed by atoms with Gasteiger partial charge in [0.25, 0.3) is 0 Å². The van der Waals surface area contributed by atoms with Crippen LogP contribution in [-0.4, -0.2) is 0 Å². The van der Waals surface area contributed by atoms with Gasteiger partial charge >= 0.3 is 0 Å². The molecular formula is C8H12Cl2IN. The largest absolute Gasteiger partial charge is 0.398 e. The Morgan fingerprint density at radius 3 is 1.75 bits per heavy atom. The van der Waals surface area contributed by atoms with Gasteiger partial charge in [-0.1, -0.05) is 0 Å². The van der Waals surface area contributed by atoms with Crippen molar-refractivity contribution in [2.75, 3.05) is 5.73 Å². The predicted octanol–water partition coefficient (Wildman–Crippen LogP) is 3.33. The number of anilines is 1. The third-order valence-electron chi connectivity index (χ3n) is 1.56. The highest BCUT2D eigenvalue weighted by Gasteiger charge is 1.97. The molecule has 0 radical (unpaired) electrons. The molecule has 1 aromatic carbocycles. The van der Waals surface area contributed by atoms with E-state index in [-0.39, 0.29) is 24.8 Å². The highest BCUT2D eigenvalue weighted by Crippen LogP contribution is 2.19. The van der Waals surface area contributed by atoms with E-state index in [0.717, 1.165) is 5.69 Å². The Kier molecular flexibility index (Phi) is 7.28. The van der Waals surface area contributed by atoms with Crippen molar-refractivity contribution in [3.63, 3.8) is 0 Å². The van der Waals surface area contributed by atoms with E-state index >= 15 is 0 Å². The molecule has 0 unspecified atom stereocenters. The molecule has 0 fully saturated rings. The van der Waals surface area contributed by atoms with E-state index in [1.54, 1.807) is 0 Å². The molecule has 0 amide bonds. The average Bonchev–Trinajstić information content (AvgIpc) is 1.82. The molecule has 70 valence electrons. The molecule has 1 rings (SSSR count). The third kappa shape index (κ3) is 3.37. The zero-order valence-electron chi connectivity index (χ0n) is 6.93. The molecule has 0 aliphatic carbocycles. The van der Waals surface area contributed by atoms with Crippen LogP contribution in [0, 0.1) is 17.4 Å². The van der Waals surface area contributed by atoms with E-state index in [2.05, 4.69) is 34.7 Å². The van der Waals surface area contributed by atoms with Crippen molar-refractivity contribution < 1.29 is 0 Å². The molecule has 0 atom stereocenters. The van der Waals surface area contributed by atoms with Crippen molar-refractivity contribution in [3.8, 4) is 0 Å². The Morgan fingerprint density at radius 1 is 1.08 bits per heavy atom. The molecule has 0 heterocycles. The summed E-state index contributed by atoms with van der Waals surface area (Å²) >= 11 is 2.29. The molecule has 12 heavy (non-hydrogen) atoms. The van der Waals surface area contributed by atoms with E-state index in [4.69, 9.17) is 5.73 Å². The Morgan fingerprint density at radius 2 is 1.42 bits per heavy atom. The second-order valence-electron chi connectivity index (χ2n) is 2.45. The van der Waals surface area contributed by atoms with Crippen LogP contribution >= 0.6 is 47.4 Å². The number of hydrogen-bond donors (Lipinski definition) is 1. The second kappa shape index (κ2) is 5.89. The molecule has 0 aromatic heterocycles. The summed E-state index contributed by atoms with van der Waals surface area (Å²) in [6.07, 6.45) is 0. The normalized spacial score (nSPS) is 8.25. The standard InChI is InChI=1S/C8H10IN.2ClH/c1-5-3-7(9)4-6(2)8(5)10;;/h3-4H,10H2,1-2H3;2*1H. The number of hydrogen-bond acceptors (Lipinski definition) is 1. The van der Waals surface area contributed by atoms with Gasteiger partial charge in [-0.25, -0.2) is 0 Å². The van der Waals surface area contributed by atoms with E-state index in [0.29, 0.717) is 0 Å². The quantitative estimate of drug-likeness (QED) is 0.576. The molecule has 0 saturated carbocycles. The molecule has 1 nitrogen and oxygen atoms in total. The molecule has 2 N–H and O–H groups in total. The van der Waals surface area contributed by atoms with Gasteiger partial charge in [-0.3, -0.25) is 0 Å². The van der Waals surface area contributed by atoms with Crippen molar-refractivity contribution in [2.24, 2.45) is 0 Å². The minimum atomic E-state index is 0. The summed E-state index contributed by atoms with van der Waals surface area (Å²) in [6, 6.07) is 4.17. The number of rotatable bonds is 0. The average molecular weight is 320 g/mol. The fraction of sp³-hybridized carbons (Fsp3) is 0.250. The fourth-order valence-electron chi connectivity index (χ4n) is 0.922. The van der Waals surface area contributed by atoms with E-state index < -0.39 is 0 Å². The maximum atomic E-state index is 5.75. The van der Waals surface area contributed by atoms with Gasteiger partial charge in [-0.2, -0.15) is 0 Å². The summed E-state index contributed by atoms with van der Waals surface area (Å²) in [7, 11) is 0. The van der Waals surface area contributed by atoms with Gasteiger partial charge in [0, 0.05) is 9.26 Å². The topological polar surface area (TPSA) is 26.0 Å². The lowest BCUT2D eigenvalue weighted by molar-refractivity contribution is 1.37. The molecular weight excluding hydrogens is 308 g/mol. The molecule has 1 aromatic rings. The summed E-state index contributed by atoms with van der Waals surface area (Å²) in [5, 5.41) is 0. The first-order chi connectivity index (χ1) is 4.61. The van der Waals surface area contributed by atoms with Crippen LogP contribution in [-0.2, 0) is 0 Å². The monoisotopic (exact) mass is 319 g/mol. The Labute approximate surface area is 99.1 Å². The van der Waals surface area contributed by atoms with Gasteiger partial charge in [0.2, 0.25) is 0 Å². The van der Waals surface area contributed by atoms with Gasteiger partial charge in [-0.15, -0.1) is 24.8 Å². The molecule has 0 saturated heterocycles. The number of benzene rings is 1. The first kappa shape index (κ1) is 14.8. The maximum absolute atomic E-state index is 5.75. The minimum absolute atomic E-state index is 0. The van der Waals surface area contributed by atoms with E-state index in [1.807, 2.05) is 13.8 Å². The summed E-state index contributed by atoms with van der Waals surface area (Å²) in [6.45, 7) is 4.06. The van der Waals surface area contributed by atoms with Crippen LogP contribution in [0.25, 0.3) is 0 Å². The van der Waals surface area contributed by atoms with Crippen LogP contribution in [0.15, 0.2) is 12.1 Å². The summed E-state index contributed by atoms with van der Waals surface area (Å²) < 4.78 is 1.25. The first-order valence-electron chi connectivity index (χ1n) is 3.13. The van der Waals surface area contributed by atoms with Gasteiger partial charge in [-0.05, 0) is 59.7 Å². The van der Waals surface area contributed by atoms with Gasteiger partial charge in [0.1, 0.15) is 0 Å². The number of aryl methyl sites for hydroxylation is 2. The number of halogens is 3. The van der Waals surface area contributed by atoms with Crippen molar-refractivity contribution in [2.45, 2.75) is 13.8 Å². The SMILES string of the molecule is Cc1cc(I)cc(C)c1N.Cl.Cl. The first-order valence-corrected chi connectivity index (χ1v) is 4.21. The van der Waals surface area contributed by atoms with Crippen LogP contribution in [0.2, 0.25) is 0 Å². The van der Waals surface area contributed by atoms with E-state index in [1.165, 1.54) is 14.7 Å². The summed E-state index contributed by atoms with van der Waals surface area (Å²) in [5.41, 5.74) is 9.01. The summed E-state index contributed by atoms with van der Waals surface area (Å²) in [4.78, 5) is 0. The van der Waals surface area contributed by atoms with Crippen LogP contribution in [0.1, 0.15) is 11.1 Å². The van der Waals surface area contributed by atoms with E-state index in [9.17, 15) is 0 Å². The lowest BCUT2D eigenvalue weighted by Crippen LogP contribution is -1.93. The van der Waals surface area contributed by atoms with Crippen LogP contribution < -0.4 is 5.73 Å². The number of nitrogens with two attached hydrogens (primary N) is 1. The van der Waals surface area contributed by atoms with Crippen LogP contribution in [0.5, 0.6) is 0 Å². The third-order valence-corrected chi connectivity index (χ3v) is 2.18. The maximum Gasteiger partial charge on any atom is 0.0374 e. The van der Waals surface area contributed by atoms with Gasteiger partial charge in [0.05, 0.1) is 0 Å². The van der Waals surface area contributed by atoms with Crippen molar-refractivity contribution in [1.29, 1.82) is 0 Å². The molecule has 0 aliphatic rings. The zero-order valence-corrected chi connectivity index (χ0v) is 10.7. The molecule has 0 bridgehead atoms. The lowest BCUT2D eigenvalue weighted by atomic mass is 10.1. The molecule has 0 aliphatic heterocycles. The zero-order chi connectivity index (χ0) is 7.72. The Balaban J connectivity index is 0. The predicted molar refractivity (Wildman–Crippen MR) is 67.5 cm³/mol. The minimum Gasteiger partial charge on any atom is -0.398 e. The van der Waals surface area contributed by atoms with Crippen molar-refractivity contribution >= 4 is 53.1 Å². The lowest BCUT2D eigenvalue weighted by Gasteiger charge is -2.03. The Bertz CT molecular complexity index is 240. The summed E-state index contributed by atoms with van der Waals surface area (Å²) in [5.74, 6) is 0. The molecule has 4 heteroatoms. The van der Waals surface area contributed by atoms with Gasteiger partial charge in [0.15, 0.2) is 0 Å². The number of nitrogen functional groups attached to an aromatic ring is 1. The smallest absolute Gasteiger partial charge is 0.0374 e. The van der Waals surface area contributed by atoms with Crippen molar-refractivity contribution in [3.05, 3.63) is 26.8 Å². The fourth-order valence-corrected chi connectivity index (χ4v) is 1.86. The Hall–Kier alpha value is 0.330. The highest BCUT2D eigenvalue weighted by molar-refractivity contribution is 14.1. The second-order valence-corrected chi connectivity index (χ2v) is 3.70. The van der Waals surface area contributed by atoms with Crippen LogP contribution in [0.4, 0.5) is 5.69 Å². The van der Waals surface area contributed by atoms with Crippen molar-refractivity contribution in [1.82, 2.24) is 0 Å².